The van der Waals surface area contributed by atoms with Crippen molar-refractivity contribution < 1.29 is 19.1 Å². The molecule has 1 atom stereocenters. The summed E-state index contributed by atoms with van der Waals surface area (Å²) in [6.07, 6.45) is 4.29. The average molecular weight is 361 g/mol. The molecule has 26 heavy (non-hydrogen) atoms. The van der Waals surface area contributed by atoms with Crippen molar-refractivity contribution >= 4 is 29.3 Å². The highest BCUT2D eigenvalue weighted by molar-refractivity contribution is 6.39. The second kappa shape index (κ2) is 7.28. The lowest BCUT2D eigenvalue weighted by molar-refractivity contribution is -0.145. The number of nitrogens with zero attached hydrogens (tertiary/aromatic N) is 2. The van der Waals surface area contributed by atoms with Crippen LogP contribution in [0.4, 0.5) is 11.5 Å². The third-order valence-electron chi connectivity index (χ3n) is 5.19. The lowest BCUT2D eigenvalue weighted by atomic mass is 9.91. The number of ether oxygens (including phenoxy) is 1. The molecule has 2 aliphatic rings. The Hall–Kier alpha value is -2.68. The number of nitrogens with two attached hydrogens (primary N) is 1. The van der Waals surface area contributed by atoms with Crippen LogP contribution in [-0.4, -0.2) is 42.5 Å². The largest absolute Gasteiger partial charge is 0.466 e. The van der Waals surface area contributed by atoms with Gasteiger partial charge in [-0.05, 0) is 43.7 Å². The van der Waals surface area contributed by atoms with Crippen LogP contribution in [0.1, 0.15) is 26.2 Å². The molecule has 2 fully saturated rings. The fourth-order valence-corrected chi connectivity index (χ4v) is 3.56. The molecule has 4 N–H and O–H groups in total. The number of hydrogen-bond donors (Lipinski definition) is 3. The Morgan fingerprint density at radius 1 is 1.31 bits per heavy atom. The van der Waals surface area contributed by atoms with E-state index in [4.69, 9.17) is 10.6 Å². The molecule has 1 aromatic heterocycles. The summed E-state index contributed by atoms with van der Waals surface area (Å²) in [7, 11) is 0. The Balaban J connectivity index is 1.53. The lowest BCUT2D eigenvalue weighted by Crippen LogP contribution is -2.39. The van der Waals surface area contributed by atoms with Crippen LogP contribution in [-0.2, 0) is 19.1 Å². The van der Waals surface area contributed by atoms with Crippen molar-refractivity contribution in [3.63, 3.8) is 0 Å². The van der Waals surface area contributed by atoms with Gasteiger partial charge in [-0.15, -0.1) is 0 Å². The van der Waals surface area contributed by atoms with E-state index in [1.165, 1.54) is 6.20 Å². The van der Waals surface area contributed by atoms with E-state index in [2.05, 4.69) is 15.2 Å². The molecular weight excluding hydrogens is 338 g/mol. The molecule has 1 aromatic rings. The number of aromatic nitrogens is 1. The smallest absolute Gasteiger partial charge is 0.323 e. The van der Waals surface area contributed by atoms with Gasteiger partial charge in [0, 0.05) is 13.1 Å². The molecule has 3 rings (SSSR count). The van der Waals surface area contributed by atoms with Crippen molar-refractivity contribution in [2.24, 2.45) is 17.2 Å². The van der Waals surface area contributed by atoms with Crippen molar-refractivity contribution in [3.05, 3.63) is 18.3 Å². The monoisotopic (exact) mass is 361 g/mol. The van der Waals surface area contributed by atoms with E-state index in [-0.39, 0.29) is 17.3 Å². The van der Waals surface area contributed by atoms with Gasteiger partial charge in [0.1, 0.15) is 5.82 Å². The Bertz CT molecular complexity index is 698. The van der Waals surface area contributed by atoms with E-state index in [1.54, 1.807) is 17.6 Å². The highest BCUT2D eigenvalue weighted by atomic mass is 16.5. The molecule has 9 heteroatoms. The quantitative estimate of drug-likeness (QED) is 0.229. The standard InChI is InChI=1S/C17H23N5O4/c1-2-26-16(25)12-9-17(12)5-7-22(8-6-17)13-4-3-11(10-19-13)20-14(23)15(24)21-18/h3-4,10,12H,2,5-9,18H2,1H3,(H,20,23)(H,21,24). The normalized spacial score (nSPS) is 20.4. The number of pyridine rings is 1. The van der Waals surface area contributed by atoms with Crippen LogP contribution in [0.5, 0.6) is 0 Å². The maximum absolute atomic E-state index is 11.9. The van der Waals surface area contributed by atoms with Crippen LogP contribution in [0, 0.1) is 11.3 Å². The predicted octanol–water partition coefficient (Wildman–Crippen LogP) is 0.180. The number of carbonyl (C=O) groups excluding carboxylic acids is 3. The summed E-state index contributed by atoms with van der Waals surface area (Å²) in [5, 5.41) is 2.41. The minimum absolute atomic E-state index is 0.0452. The van der Waals surface area contributed by atoms with E-state index >= 15 is 0 Å². The summed E-state index contributed by atoms with van der Waals surface area (Å²) in [5.74, 6) is 3.92. The molecule has 0 bridgehead atoms. The van der Waals surface area contributed by atoms with Crippen molar-refractivity contribution in [2.75, 3.05) is 29.9 Å². The second-order valence-corrected chi connectivity index (χ2v) is 6.69. The number of nitrogens with one attached hydrogen (secondary N) is 2. The molecule has 2 amide bonds. The summed E-state index contributed by atoms with van der Waals surface area (Å²) >= 11 is 0. The summed E-state index contributed by atoms with van der Waals surface area (Å²) in [5.41, 5.74) is 2.29. The van der Waals surface area contributed by atoms with Crippen molar-refractivity contribution in [2.45, 2.75) is 26.2 Å². The van der Waals surface area contributed by atoms with Crippen LogP contribution in [0.15, 0.2) is 18.3 Å². The van der Waals surface area contributed by atoms with Gasteiger partial charge in [0.05, 0.1) is 24.4 Å². The molecule has 1 spiro atoms. The molecule has 0 aromatic carbocycles. The molecule has 2 heterocycles. The van der Waals surface area contributed by atoms with Crippen LogP contribution in [0.3, 0.4) is 0 Å². The first-order valence-corrected chi connectivity index (χ1v) is 8.68. The van der Waals surface area contributed by atoms with Crippen molar-refractivity contribution in [3.8, 4) is 0 Å². The Kier molecular flexibility index (Phi) is 5.08. The van der Waals surface area contributed by atoms with Crippen LogP contribution in [0.2, 0.25) is 0 Å². The van der Waals surface area contributed by atoms with Gasteiger partial charge in [0.25, 0.3) is 0 Å². The van der Waals surface area contributed by atoms with E-state index < -0.39 is 11.8 Å². The molecule has 1 unspecified atom stereocenters. The maximum atomic E-state index is 11.9. The Morgan fingerprint density at radius 3 is 2.62 bits per heavy atom. The average Bonchev–Trinajstić information content (AvgIpc) is 3.36. The SMILES string of the molecule is CCOC(=O)C1CC12CCN(c1ccc(NC(=O)C(=O)NN)cn1)CC2. The molecule has 1 aliphatic heterocycles. The minimum Gasteiger partial charge on any atom is -0.466 e. The highest BCUT2D eigenvalue weighted by Gasteiger charge is 2.59. The van der Waals surface area contributed by atoms with Gasteiger partial charge in [-0.25, -0.2) is 10.8 Å². The number of esters is 1. The summed E-state index contributed by atoms with van der Waals surface area (Å²) in [4.78, 5) is 41.0. The van der Waals surface area contributed by atoms with E-state index in [0.717, 1.165) is 38.2 Å². The first-order valence-electron chi connectivity index (χ1n) is 8.68. The van der Waals surface area contributed by atoms with Gasteiger partial charge in [0.15, 0.2) is 0 Å². The number of piperidine rings is 1. The third-order valence-corrected chi connectivity index (χ3v) is 5.19. The molecule has 140 valence electrons. The molecule has 9 nitrogen and oxygen atoms in total. The van der Waals surface area contributed by atoms with Gasteiger partial charge in [-0.2, -0.15) is 0 Å². The molecule has 0 radical (unpaired) electrons. The third kappa shape index (κ3) is 3.62. The second-order valence-electron chi connectivity index (χ2n) is 6.69. The van der Waals surface area contributed by atoms with E-state index in [9.17, 15) is 14.4 Å². The van der Waals surface area contributed by atoms with E-state index in [1.807, 2.05) is 6.92 Å². The van der Waals surface area contributed by atoms with Gasteiger partial charge in [-0.1, -0.05) is 0 Å². The Labute approximate surface area is 151 Å². The molecule has 1 aliphatic carbocycles. The van der Waals surface area contributed by atoms with Crippen LogP contribution in [0.25, 0.3) is 0 Å². The summed E-state index contributed by atoms with van der Waals surface area (Å²) in [6.45, 7) is 3.90. The minimum atomic E-state index is -0.920. The summed E-state index contributed by atoms with van der Waals surface area (Å²) < 4.78 is 5.14. The zero-order valence-corrected chi connectivity index (χ0v) is 14.7. The number of rotatable bonds is 4. The first-order chi connectivity index (χ1) is 12.5. The number of hydrazine groups is 1. The fraction of sp³-hybridized carbons (Fsp3) is 0.529. The molecule has 1 saturated heterocycles. The molecule has 1 saturated carbocycles. The number of carbonyl (C=O) groups is 3. The number of amides is 2. The maximum Gasteiger partial charge on any atom is 0.323 e. The lowest BCUT2D eigenvalue weighted by Gasteiger charge is -2.33. The number of hydrogen-bond acceptors (Lipinski definition) is 7. The highest BCUT2D eigenvalue weighted by Crippen LogP contribution is 2.59. The topological polar surface area (TPSA) is 127 Å². The molecular formula is C17H23N5O4. The fourth-order valence-electron chi connectivity index (χ4n) is 3.56. The number of anilines is 2. The van der Waals surface area contributed by atoms with Crippen molar-refractivity contribution in [1.82, 2.24) is 10.4 Å². The van der Waals surface area contributed by atoms with Crippen LogP contribution >= 0.6 is 0 Å². The van der Waals surface area contributed by atoms with Crippen LogP contribution < -0.4 is 21.5 Å². The van der Waals surface area contributed by atoms with E-state index in [0.29, 0.717) is 12.3 Å². The Morgan fingerprint density at radius 2 is 2.04 bits per heavy atom. The van der Waals surface area contributed by atoms with Gasteiger partial charge in [0.2, 0.25) is 0 Å². The van der Waals surface area contributed by atoms with Gasteiger partial charge >= 0.3 is 17.8 Å². The summed E-state index contributed by atoms with van der Waals surface area (Å²) in [6, 6.07) is 3.48. The first kappa shape index (κ1) is 18.1. The predicted molar refractivity (Wildman–Crippen MR) is 93.8 cm³/mol. The van der Waals surface area contributed by atoms with Crippen molar-refractivity contribution in [1.29, 1.82) is 0 Å². The van der Waals surface area contributed by atoms with Gasteiger partial charge in [-0.3, -0.25) is 19.8 Å². The van der Waals surface area contributed by atoms with Gasteiger partial charge < -0.3 is 15.0 Å². The zero-order valence-electron chi connectivity index (χ0n) is 14.7. The zero-order chi connectivity index (χ0) is 18.7.